The minimum absolute atomic E-state index is 0.0553. The van der Waals surface area contributed by atoms with E-state index >= 15 is 0 Å². The van der Waals surface area contributed by atoms with Gasteiger partial charge in [-0.05, 0) is 42.0 Å². The van der Waals surface area contributed by atoms with Gasteiger partial charge in [0.15, 0.2) is 11.5 Å². The number of anilines is 2. The number of piperazine rings is 1. The number of amides is 1. The highest BCUT2D eigenvalue weighted by molar-refractivity contribution is 5.97. The van der Waals surface area contributed by atoms with Crippen molar-refractivity contribution in [1.29, 1.82) is 0 Å². The van der Waals surface area contributed by atoms with E-state index in [1.165, 1.54) is 11.3 Å². The van der Waals surface area contributed by atoms with Gasteiger partial charge in [-0.25, -0.2) is 0 Å². The van der Waals surface area contributed by atoms with Crippen LogP contribution in [0, 0.1) is 0 Å². The molecule has 0 aliphatic carbocycles. The Kier molecular flexibility index (Phi) is 8.33. The highest BCUT2D eigenvalue weighted by Crippen LogP contribution is 2.31. The first-order valence-corrected chi connectivity index (χ1v) is 12.3. The summed E-state index contributed by atoms with van der Waals surface area (Å²) >= 11 is 0. The summed E-state index contributed by atoms with van der Waals surface area (Å²) < 4.78 is 10.9. The Bertz CT molecular complexity index is 1130. The van der Waals surface area contributed by atoms with Crippen molar-refractivity contribution in [2.75, 3.05) is 70.8 Å². The Morgan fingerprint density at radius 3 is 2.19 bits per heavy atom. The highest BCUT2D eigenvalue weighted by atomic mass is 16.5. The number of rotatable bonds is 9. The monoisotopic (exact) mass is 488 g/mol. The smallest absolute Gasteiger partial charge is 0.255 e. The molecule has 3 aromatic carbocycles. The summed E-state index contributed by atoms with van der Waals surface area (Å²) in [5.74, 6) is 0.808. The van der Waals surface area contributed by atoms with Gasteiger partial charge >= 0.3 is 0 Å². The topological polar surface area (TPSA) is 57.3 Å². The molecule has 1 heterocycles. The van der Waals surface area contributed by atoms with Gasteiger partial charge < -0.3 is 24.6 Å². The second-order valence-electron chi connectivity index (χ2n) is 9.11. The summed E-state index contributed by atoms with van der Waals surface area (Å²) in [5, 5.41) is 3.16. The van der Waals surface area contributed by atoms with Crippen molar-refractivity contribution in [3.63, 3.8) is 0 Å². The molecule has 0 spiro atoms. The number of carbonyl (C=O) groups excluding carboxylic acids is 1. The molecule has 7 nitrogen and oxygen atoms in total. The van der Waals surface area contributed by atoms with Crippen LogP contribution in [0.4, 0.5) is 11.4 Å². The maximum atomic E-state index is 13.2. The number of nitrogens with zero attached hydrogens (tertiary/aromatic N) is 3. The molecular weight excluding hydrogens is 452 g/mol. The minimum Gasteiger partial charge on any atom is -0.493 e. The fourth-order valence-corrected chi connectivity index (χ4v) is 4.73. The fourth-order valence-electron chi connectivity index (χ4n) is 4.73. The molecule has 1 atom stereocenters. The molecular formula is C29H36N4O3. The van der Waals surface area contributed by atoms with Gasteiger partial charge in [0.25, 0.3) is 5.91 Å². The lowest BCUT2D eigenvalue weighted by Gasteiger charge is -2.40. The van der Waals surface area contributed by atoms with Gasteiger partial charge in [0.1, 0.15) is 0 Å². The van der Waals surface area contributed by atoms with E-state index in [0.29, 0.717) is 23.6 Å². The van der Waals surface area contributed by atoms with Crippen molar-refractivity contribution >= 4 is 17.3 Å². The van der Waals surface area contributed by atoms with Gasteiger partial charge in [-0.2, -0.15) is 0 Å². The van der Waals surface area contributed by atoms with E-state index in [0.717, 1.165) is 31.9 Å². The first-order chi connectivity index (χ1) is 17.5. The van der Waals surface area contributed by atoms with Gasteiger partial charge in [-0.15, -0.1) is 0 Å². The molecule has 1 saturated heterocycles. The van der Waals surface area contributed by atoms with E-state index in [4.69, 9.17) is 9.47 Å². The van der Waals surface area contributed by atoms with Crippen molar-refractivity contribution in [2.45, 2.75) is 6.04 Å². The second-order valence-corrected chi connectivity index (χ2v) is 9.11. The van der Waals surface area contributed by atoms with Crippen LogP contribution in [0.3, 0.4) is 0 Å². The molecule has 1 aliphatic heterocycles. The van der Waals surface area contributed by atoms with Crippen LogP contribution in [0.2, 0.25) is 0 Å². The maximum absolute atomic E-state index is 13.2. The van der Waals surface area contributed by atoms with Crippen molar-refractivity contribution in [1.82, 2.24) is 10.2 Å². The van der Waals surface area contributed by atoms with Gasteiger partial charge in [-0.3, -0.25) is 9.69 Å². The van der Waals surface area contributed by atoms with E-state index < -0.39 is 0 Å². The Hall–Kier alpha value is -3.71. The lowest BCUT2D eigenvalue weighted by Crippen LogP contribution is -2.50. The first kappa shape index (κ1) is 25.4. The summed E-state index contributed by atoms with van der Waals surface area (Å²) in [7, 11) is 7.20. The Balaban J connectivity index is 1.51. The molecule has 1 amide bonds. The third-order valence-corrected chi connectivity index (χ3v) is 6.77. The number of carbonyl (C=O) groups is 1. The maximum Gasteiger partial charge on any atom is 0.255 e. The summed E-state index contributed by atoms with van der Waals surface area (Å²) in [4.78, 5) is 20.2. The molecule has 1 fully saturated rings. The van der Waals surface area contributed by atoms with Crippen molar-refractivity contribution in [2.24, 2.45) is 0 Å². The summed E-state index contributed by atoms with van der Waals surface area (Å²) in [5.41, 5.74) is 4.05. The standard InChI is InChI=1S/C29H36N4O3/c1-31(2)23-15-13-22(14-16-23)26(33-19-17-32(18-20-33)24-9-6-5-7-10-24)21-30-29(34)25-11-8-12-27(35-3)28(25)36-4/h5-16,26H,17-21H2,1-4H3,(H,30,34). The van der Waals surface area contributed by atoms with Gasteiger partial charge in [0, 0.05) is 58.2 Å². The van der Waals surface area contributed by atoms with Crippen molar-refractivity contribution < 1.29 is 14.3 Å². The number of ether oxygens (including phenoxy) is 2. The molecule has 7 heteroatoms. The zero-order valence-corrected chi connectivity index (χ0v) is 21.6. The van der Waals surface area contributed by atoms with Crippen molar-refractivity contribution in [3.8, 4) is 11.5 Å². The first-order valence-electron chi connectivity index (χ1n) is 12.3. The molecule has 0 radical (unpaired) electrons. The SMILES string of the molecule is COc1cccc(C(=O)NCC(c2ccc(N(C)C)cc2)N2CCN(c3ccccc3)CC2)c1OC. The van der Waals surface area contributed by atoms with E-state index in [9.17, 15) is 4.79 Å². The van der Waals surface area contributed by atoms with Gasteiger partial charge in [0.2, 0.25) is 0 Å². The number of nitrogens with one attached hydrogen (secondary N) is 1. The second kappa shape index (κ2) is 11.8. The van der Waals surface area contributed by atoms with Crippen LogP contribution in [0.15, 0.2) is 72.8 Å². The molecule has 0 bridgehead atoms. The normalized spacial score (nSPS) is 14.7. The van der Waals surface area contributed by atoms with E-state index in [-0.39, 0.29) is 11.9 Å². The predicted octanol–water partition coefficient (Wildman–Crippen LogP) is 4.06. The molecule has 3 aromatic rings. The lowest BCUT2D eigenvalue weighted by molar-refractivity contribution is 0.0926. The molecule has 36 heavy (non-hydrogen) atoms. The average Bonchev–Trinajstić information content (AvgIpc) is 2.93. The Morgan fingerprint density at radius 1 is 0.889 bits per heavy atom. The van der Waals surface area contributed by atoms with Crippen LogP contribution in [-0.4, -0.2) is 71.8 Å². The summed E-state index contributed by atoms with van der Waals surface area (Å²) in [6.07, 6.45) is 0. The predicted molar refractivity (Wildman–Crippen MR) is 146 cm³/mol. The number of hydrogen-bond acceptors (Lipinski definition) is 6. The quantitative estimate of drug-likeness (QED) is 0.490. The molecule has 1 N–H and O–H groups in total. The number of hydrogen-bond donors (Lipinski definition) is 1. The summed E-state index contributed by atoms with van der Waals surface area (Å²) in [6.45, 7) is 4.19. The molecule has 1 aliphatic rings. The third kappa shape index (κ3) is 5.74. The molecule has 0 saturated carbocycles. The van der Waals surface area contributed by atoms with Crippen LogP contribution in [0.5, 0.6) is 11.5 Å². The average molecular weight is 489 g/mol. The number of para-hydroxylation sites is 2. The highest BCUT2D eigenvalue weighted by Gasteiger charge is 2.26. The number of methoxy groups -OCH3 is 2. The van der Waals surface area contributed by atoms with Crippen LogP contribution >= 0.6 is 0 Å². The van der Waals surface area contributed by atoms with E-state index in [1.54, 1.807) is 32.4 Å². The molecule has 4 rings (SSSR count). The number of benzene rings is 3. The fraction of sp³-hybridized carbons (Fsp3) is 0.345. The van der Waals surface area contributed by atoms with E-state index in [1.807, 2.05) is 20.2 Å². The zero-order valence-electron chi connectivity index (χ0n) is 21.6. The minimum atomic E-state index is -0.177. The van der Waals surface area contributed by atoms with E-state index in [2.05, 4.69) is 68.5 Å². The zero-order chi connectivity index (χ0) is 25.5. The lowest BCUT2D eigenvalue weighted by atomic mass is 10.0. The van der Waals surface area contributed by atoms with Crippen LogP contribution in [-0.2, 0) is 0 Å². The molecule has 190 valence electrons. The van der Waals surface area contributed by atoms with Crippen molar-refractivity contribution in [3.05, 3.63) is 83.9 Å². The largest absolute Gasteiger partial charge is 0.493 e. The van der Waals surface area contributed by atoms with Gasteiger partial charge in [0.05, 0.1) is 25.8 Å². The summed E-state index contributed by atoms with van der Waals surface area (Å²) in [6, 6.07) is 24.5. The van der Waals surface area contributed by atoms with Crippen LogP contribution in [0.25, 0.3) is 0 Å². The van der Waals surface area contributed by atoms with Crippen LogP contribution < -0.4 is 24.6 Å². The van der Waals surface area contributed by atoms with Gasteiger partial charge in [-0.1, -0.05) is 36.4 Å². The van der Waals surface area contributed by atoms with Crippen LogP contribution in [0.1, 0.15) is 22.0 Å². The Morgan fingerprint density at radius 2 is 1.58 bits per heavy atom. The Labute approximate surface area is 214 Å². The molecule has 1 unspecified atom stereocenters. The molecule has 0 aromatic heterocycles. The third-order valence-electron chi connectivity index (χ3n) is 6.77.